The van der Waals surface area contributed by atoms with Crippen LogP contribution in [0.2, 0.25) is 0 Å². The Bertz CT molecular complexity index is 1150. The van der Waals surface area contributed by atoms with E-state index in [-0.39, 0.29) is 5.91 Å². The van der Waals surface area contributed by atoms with Crippen LogP contribution < -0.4 is 5.32 Å². The molecule has 3 aromatic carbocycles. The number of morpholine rings is 1. The number of aromatic nitrogens is 2. The fraction of sp³-hybridized carbons (Fsp3) is 0.200. The van der Waals surface area contributed by atoms with E-state index >= 15 is 0 Å². The summed E-state index contributed by atoms with van der Waals surface area (Å²) in [6.07, 6.45) is 0. The number of fused-ring (bicyclic) bond motifs is 1. The summed E-state index contributed by atoms with van der Waals surface area (Å²) in [5, 5.41) is 3.46. The number of ether oxygens (including phenoxy) is 1. The first-order valence-electron chi connectivity index (χ1n) is 10.5. The molecule has 1 aromatic heterocycles. The van der Waals surface area contributed by atoms with E-state index in [9.17, 15) is 4.79 Å². The molecule has 1 fully saturated rings. The number of nitrogens with one attached hydrogen (secondary N) is 2. The van der Waals surface area contributed by atoms with Crippen molar-refractivity contribution in [2.75, 3.05) is 31.6 Å². The van der Waals surface area contributed by atoms with Gasteiger partial charge >= 0.3 is 0 Å². The number of anilines is 1. The Hall–Kier alpha value is -3.64. The summed E-state index contributed by atoms with van der Waals surface area (Å²) in [6.45, 7) is 2.38. The average molecular weight is 412 g/mol. The Labute approximate surface area is 180 Å². The summed E-state index contributed by atoms with van der Waals surface area (Å²) in [5.74, 6) is 0.865. The van der Waals surface area contributed by atoms with Gasteiger partial charge in [-0.2, -0.15) is 0 Å². The van der Waals surface area contributed by atoms with E-state index in [1.54, 1.807) is 0 Å². The Balaban J connectivity index is 1.45. The van der Waals surface area contributed by atoms with Gasteiger partial charge in [0.2, 0.25) is 5.91 Å². The van der Waals surface area contributed by atoms with Crippen molar-refractivity contribution in [3.05, 3.63) is 84.4 Å². The molecule has 1 atom stereocenters. The Morgan fingerprint density at radius 2 is 1.74 bits per heavy atom. The number of carbonyl (C=O) groups excluding carboxylic acids is 1. The van der Waals surface area contributed by atoms with Crippen molar-refractivity contribution in [2.45, 2.75) is 6.04 Å². The number of benzene rings is 3. The van der Waals surface area contributed by atoms with Crippen molar-refractivity contribution >= 4 is 22.6 Å². The molecule has 6 nitrogen and oxygen atoms in total. The normalized spacial score (nSPS) is 15.0. The molecule has 2 heterocycles. The minimum Gasteiger partial charge on any atom is -0.378 e. The molecule has 1 saturated heterocycles. The van der Waals surface area contributed by atoms with E-state index in [1.807, 2.05) is 83.8 Å². The second kappa shape index (κ2) is 8.62. The molecule has 156 valence electrons. The molecule has 0 saturated carbocycles. The first kappa shape index (κ1) is 19.3. The highest BCUT2D eigenvalue weighted by Crippen LogP contribution is 2.27. The number of H-pyrrole nitrogens is 1. The van der Waals surface area contributed by atoms with Crippen LogP contribution in [0.1, 0.15) is 11.6 Å². The molecule has 1 amide bonds. The van der Waals surface area contributed by atoms with Crippen LogP contribution in [0.3, 0.4) is 0 Å². The third-order valence-electron chi connectivity index (χ3n) is 5.54. The standard InChI is InChI=1S/C25H24N4O2/c30-25(29-13-15-31-16-14-29)23(18-7-2-1-3-8-18)26-20-10-6-9-19(17-20)24-27-21-11-4-5-12-22(21)28-24/h1-12,17,23,26H,13-16H2,(H,27,28)/t23-/m0/s1. The van der Waals surface area contributed by atoms with Crippen LogP contribution in [-0.4, -0.2) is 47.1 Å². The molecular formula is C25H24N4O2. The average Bonchev–Trinajstić information content (AvgIpc) is 3.28. The predicted octanol–water partition coefficient (Wildman–Crippen LogP) is 4.24. The second-order valence-corrected chi connectivity index (χ2v) is 7.61. The highest BCUT2D eigenvalue weighted by Gasteiger charge is 2.27. The Kier molecular flexibility index (Phi) is 5.37. The number of hydrogen-bond acceptors (Lipinski definition) is 4. The maximum Gasteiger partial charge on any atom is 0.249 e. The van der Waals surface area contributed by atoms with E-state index in [0.29, 0.717) is 26.3 Å². The van der Waals surface area contributed by atoms with Gasteiger partial charge in [0, 0.05) is 24.3 Å². The third kappa shape index (κ3) is 4.15. The summed E-state index contributed by atoms with van der Waals surface area (Å²) in [6, 6.07) is 25.4. The fourth-order valence-corrected chi connectivity index (χ4v) is 3.91. The maximum atomic E-state index is 13.4. The lowest BCUT2D eigenvalue weighted by Gasteiger charge is -2.31. The number of amides is 1. The largest absolute Gasteiger partial charge is 0.378 e. The van der Waals surface area contributed by atoms with Crippen LogP contribution in [0.25, 0.3) is 22.4 Å². The molecule has 5 rings (SSSR count). The monoisotopic (exact) mass is 412 g/mol. The lowest BCUT2D eigenvalue weighted by Crippen LogP contribution is -2.44. The zero-order chi connectivity index (χ0) is 21.0. The minimum absolute atomic E-state index is 0.0589. The SMILES string of the molecule is O=C([C@@H](Nc1cccc(-c2nc3ccccc3[nH]2)c1)c1ccccc1)N1CCOCC1. The van der Waals surface area contributed by atoms with E-state index in [0.717, 1.165) is 33.7 Å². The van der Waals surface area contributed by atoms with Crippen LogP contribution >= 0.6 is 0 Å². The smallest absolute Gasteiger partial charge is 0.249 e. The van der Waals surface area contributed by atoms with Crippen LogP contribution in [-0.2, 0) is 9.53 Å². The lowest BCUT2D eigenvalue weighted by molar-refractivity contribution is -0.136. The van der Waals surface area contributed by atoms with Gasteiger partial charge in [0.15, 0.2) is 0 Å². The molecule has 0 bridgehead atoms. The van der Waals surface area contributed by atoms with Crippen molar-refractivity contribution in [1.82, 2.24) is 14.9 Å². The van der Waals surface area contributed by atoms with Crippen LogP contribution in [0.5, 0.6) is 0 Å². The van der Waals surface area contributed by atoms with E-state index < -0.39 is 6.04 Å². The third-order valence-corrected chi connectivity index (χ3v) is 5.54. The fourth-order valence-electron chi connectivity index (χ4n) is 3.91. The molecule has 6 heteroatoms. The van der Waals surface area contributed by atoms with E-state index in [4.69, 9.17) is 9.72 Å². The number of aromatic amines is 1. The van der Waals surface area contributed by atoms with Gasteiger partial charge in [-0.1, -0.05) is 54.6 Å². The maximum absolute atomic E-state index is 13.4. The molecule has 0 aliphatic carbocycles. The lowest BCUT2D eigenvalue weighted by atomic mass is 10.0. The first-order chi connectivity index (χ1) is 15.3. The van der Waals surface area contributed by atoms with Crippen molar-refractivity contribution < 1.29 is 9.53 Å². The van der Waals surface area contributed by atoms with Crippen LogP contribution in [0.4, 0.5) is 5.69 Å². The second-order valence-electron chi connectivity index (χ2n) is 7.61. The van der Waals surface area contributed by atoms with Gasteiger partial charge in [-0.25, -0.2) is 4.98 Å². The molecule has 0 radical (unpaired) electrons. The van der Waals surface area contributed by atoms with Crippen molar-refractivity contribution in [1.29, 1.82) is 0 Å². The quantitative estimate of drug-likeness (QED) is 0.514. The van der Waals surface area contributed by atoms with Gasteiger partial charge in [0.05, 0.1) is 24.2 Å². The number of imidazole rings is 1. The molecule has 4 aromatic rings. The molecule has 31 heavy (non-hydrogen) atoms. The highest BCUT2D eigenvalue weighted by atomic mass is 16.5. The van der Waals surface area contributed by atoms with Gasteiger partial charge in [-0.15, -0.1) is 0 Å². The van der Waals surface area contributed by atoms with Gasteiger partial charge in [-0.3, -0.25) is 4.79 Å². The number of nitrogens with zero attached hydrogens (tertiary/aromatic N) is 2. The summed E-state index contributed by atoms with van der Waals surface area (Å²) < 4.78 is 5.42. The summed E-state index contributed by atoms with van der Waals surface area (Å²) in [4.78, 5) is 23.3. The van der Waals surface area contributed by atoms with Crippen LogP contribution in [0, 0.1) is 0 Å². The van der Waals surface area contributed by atoms with Gasteiger partial charge in [-0.05, 0) is 29.8 Å². The molecular weight excluding hydrogens is 388 g/mol. The zero-order valence-electron chi connectivity index (χ0n) is 17.1. The first-order valence-corrected chi connectivity index (χ1v) is 10.5. The summed E-state index contributed by atoms with van der Waals surface area (Å²) in [5.41, 5.74) is 4.70. The van der Waals surface area contributed by atoms with Crippen molar-refractivity contribution in [3.8, 4) is 11.4 Å². The number of carbonyl (C=O) groups is 1. The summed E-state index contributed by atoms with van der Waals surface area (Å²) >= 11 is 0. The topological polar surface area (TPSA) is 70.2 Å². The Morgan fingerprint density at radius 3 is 2.55 bits per heavy atom. The molecule has 1 aliphatic rings. The van der Waals surface area contributed by atoms with Crippen LogP contribution in [0.15, 0.2) is 78.9 Å². The van der Waals surface area contributed by atoms with Gasteiger partial charge < -0.3 is 19.9 Å². The van der Waals surface area contributed by atoms with Gasteiger partial charge in [0.25, 0.3) is 0 Å². The van der Waals surface area contributed by atoms with E-state index in [1.165, 1.54) is 0 Å². The highest BCUT2D eigenvalue weighted by molar-refractivity contribution is 5.87. The summed E-state index contributed by atoms with van der Waals surface area (Å²) in [7, 11) is 0. The number of hydrogen-bond donors (Lipinski definition) is 2. The zero-order valence-corrected chi connectivity index (χ0v) is 17.1. The molecule has 0 spiro atoms. The van der Waals surface area contributed by atoms with Gasteiger partial charge in [0.1, 0.15) is 11.9 Å². The van der Waals surface area contributed by atoms with E-state index in [2.05, 4.69) is 10.3 Å². The predicted molar refractivity (Wildman–Crippen MR) is 122 cm³/mol. The molecule has 1 aliphatic heterocycles. The number of rotatable bonds is 5. The Morgan fingerprint density at radius 1 is 0.968 bits per heavy atom. The minimum atomic E-state index is -0.467. The number of para-hydroxylation sites is 2. The molecule has 2 N–H and O–H groups in total. The van der Waals surface area contributed by atoms with Crippen molar-refractivity contribution in [3.63, 3.8) is 0 Å². The molecule has 0 unspecified atom stereocenters. The van der Waals surface area contributed by atoms with Crippen molar-refractivity contribution in [2.24, 2.45) is 0 Å².